The third kappa shape index (κ3) is 3.54. The van der Waals surface area contributed by atoms with Gasteiger partial charge in [-0.05, 0) is 36.8 Å². The second-order valence-corrected chi connectivity index (χ2v) is 4.23. The fourth-order valence-corrected chi connectivity index (χ4v) is 1.57. The summed E-state index contributed by atoms with van der Waals surface area (Å²) in [7, 11) is 0. The van der Waals surface area contributed by atoms with Crippen molar-refractivity contribution in [1.82, 2.24) is 0 Å². The molecule has 0 atom stereocenters. The fourth-order valence-electron chi connectivity index (χ4n) is 1.57. The highest BCUT2D eigenvalue weighted by Crippen LogP contribution is 2.16. The molecule has 0 saturated carbocycles. The first kappa shape index (κ1) is 14.0. The fraction of sp³-hybridized carbons (Fsp3) is 0.133. The number of ether oxygens (including phenoxy) is 1. The van der Waals surface area contributed by atoms with Gasteiger partial charge in [0.1, 0.15) is 5.82 Å². The molecule has 20 heavy (non-hydrogen) atoms. The number of anilines is 1. The molecule has 0 unspecified atom stereocenters. The van der Waals surface area contributed by atoms with Crippen molar-refractivity contribution in [3.05, 3.63) is 59.7 Å². The summed E-state index contributed by atoms with van der Waals surface area (Å²) in [5, 5.41) is 2.47. The molecule has 0 radical (unpaired) electrons. The summed E-state index contributed by atoms with van der Waals surface area (Å²) in [5.41, 5.74) is 0.820. The van der Waals surface area contributed by atoms with Gasteiger partial charge in [-0.3, -0.25) is 4.79 Å². The SMILES string of the molecule is Cc1ccc(NC(=O)COc2ccccc2F)cc1F. The Morgan fingerprint density at radius 1 is 1.15 bits per heavy atom. The molecule has 1 amide bonds. The van der Waals surface area contributed by atoms with Crippen molar-refractivity contribution in [2.75, 3.05) is 11.9 Å². The summed E-state index contributed by atoms with van der Waals surface area (Å²) in [6.45, 7) is 1.28. The zero-order valence-corrected chi connectivity index (χ0v) is 10.8. The van der Waals surface area contributed by atoms with Crippen LogP contribution in [0.3, 0.4) is 0 Å². The van der Waals surface area contributed by atoms with Crippen molar-refractivity contribution in [2.24, 2.45) is 0 Å². The average Bonchev–Trinajstić information content (AvgIpc) is 2.42. The molecule has 2 aromatic carbocycles. The van der Waals surface area contributed by atoms with Gasteiger partial charge in [-0.1, -0.05) is 18.2 Å². The molecular formula is C15H13F2NO2. The number of benzene rings is 2. The topological polar surface area (TPSA) is 38.3 Å². The van der Waals surface area contributed by atoms with Crippen LogP contribution in [0, 0.1) is 18.6 Å². The quantitative estimate of drug-likeness (QED) is 0.931. The Labute approximate surface area is 115 Å². The Hall–Kier alpha value is -2.43. The molecule has 0 aliphatic carbocycles. The van der Waals surface area contributed by atoms with E-state index in [1.54, 1.807) is 25.1 Å². The lowest BCUT2D eigenvalue weighted by Crippen LogP contribution is -2.20. The van der Waals surface area contributed by atoms with Gasteiger partial charge in [-0.2, -0.15) is 0 Å². The second kappa shape index (κ2) is 6.14. The smallest absolute Gasteiger partial charge is 0.262 e. The van der Waals surface area contributed by atoms with E-state index in [0.717, 1.165) is 0 Å². The summed E-state index contributed by atoms with van der Waals surface area (Å²) in [6, 6.07) is 10.2. The average molecular weight is 277 g/mol. The minimum atomic E-state index is -0.540. The molecule has 5 heteroatoms. The highest BCUT2D eigenvalue weighted by Gasteiger charge is 2.07. The Balaban J connectivity index is 1.93. The molecule has 0 aromatic heterocycles. The molecule has 2 rings (SSSR count). The zero-order valence-electron chi connectivity index (χ0n) is 10.8. The Morgan fingerprint density at radius 3 is 2.60 bits per heavy atom. The van der Waals surface area contributed by atoms with Crippen LogP contribution in [0.1, 0.15) is 5.56 Å². The monoisotopic (exact) mass is 277 g/mol. The van der Waals surface area contributed by atoms with Gasteiger partial charge < -0.3 is 10.1 Å². The highest BCUT2D eigenvalue weighted by molar-refractivity contribution is 5.91. The van der Waals surface area contributed by atoms with Crippen LogP contribution in [-0.4, -0.2) is 12.5 Å². The van der Waals surface area contributed by atoms with E-state index in [0.29, 0.717) is 11.3 Å². The van der Waals surface area contributed by atoms with Crippen LogP contribution in [0.2, 0.25) is 0 Å². The summed E-state index contributed by atoms with van der Waals surface area (Å²) in [5.74, 6) is -1.44. The number of aryl methyl sites for hydroxylation is 1. The number of hydrogen-bond acceptors (Lipinski definition) is 2. The number of halogens is 2. The number of amides is 1. The maximum atomic E-state index is 13.3. The molecule has 0 saturated heterocycles. The molecule has 0 fully saturated rings. The van der Waals surface area contributed by atoms with Gasteiger partial charge in [0, 0.05) is 5.69 Å². The molecule has 0 aliphatic rings. The first-order valence-electron chi connectivity index (χ1n) is 5.99. The van der Waals surface area contributed by atoms with Crippen LogP contribution in [0.5, 0.6) is 5.75 Å². The van der Waals surface area contributed by atoms with Crippen molar-refractivity contribution in [3.63, 3.8) is 0 Å². The van der Waals surface area contributed by atoms with E-state index in [9.17, 15) is 13.6 Å². The molecule has 2 aromatic rings. The van der Waals surface area contributed by atoms with Gasteiger partial charge in [0.15, 0.2) is 18.2 Å². The van der Waals surface area contributed by atoms with Crippen molar-refractivity contribution in [3.8, 4) is 5.75 Å². The number of rotatable bonds is 4. The van der Waals surface area contributed by atoms with Crippen LogP contribution in [0.25, 0.3) is 0 Å². The van der Waals surface area contributed by atoms with Crippen LogP contribution < -0.4 is 10.1 Å². The van der Waals surface area contributed by atoms with Gasteiger partial charge >= 0.3 is 0 Å². The largest absolute Gasteiger partial charge is 0.481 e. The lowest BCUT2D eigenvalue weighted by atomic mass is 10.2. The van der Waals surface area contributed by atoms with E-state index in [-0.39, 0.29) is 12.4 Å². The minimum absolute atomic E-state index is 0.00210. The van der Waals surface area contributed by atoms with Crippen LogP contribution in [-0.2, 0) is 4.79 Å². The van der Waals surface area contributed by atoms with Crippen LogP contribution >= 0.6 is 0 Å². The van der Waals surface area contributed by atoms with Gasteiger partial charge in [0.25, 0.3) is 5.91 Å². The summed E-state index contributed by atoms with van der Waals surface area (Å²) >= 11 is 0. The van der Waals surface area contributed by atoms with Gasteiger partial charge in [0.2, 0.25) is 0 Å². The summed E-state index contributed by atoms with van der Waals surface area (Å²) < 4.78 is 31.6. The number of hydrogen-bond donors (Lipinski definition) is 1. The molecular weight excluding hydrogens is 264 g/mol. The normalized spacial score (nSPS) is 10.2. The zero-order chi connectivity index (χ0) is 14.5. The molecule has 0 spiro atoms. The summed E-state index contributed by atoms with van der Waals surface area (Å²) in [4.78, 5) is 11.6. The minimum Gasteiger partial charge on any atom is -0.481 e. The van der Waals surface area contributed by atoms with Gasteiger partial charge in [0.05, 0.1) is 0 Å². The maximum absolute atomic E-state index is 13.3. The predicted molar refractivity (Wildman–Crippen MR) is 71.7 cm³/mol. The molecule has 104 valence electrons. The molecule has 3 nitrogen and oxygen atoms in total. The van der Waals surface area contributed by atoms with Gasteiger partial charge in [-0.25, -0.2) is 8.78 Å². The van der Waals surface area contributed by atoms with Crippen molar-refractivity contribution >= 4 is 11.6 Å². The highest BCUT2D eigenvalue weighted by atomic mass is 19.1. The van der Waals surface area contributed by atoms with Crippen molar-refractivity contribution in [2.45, 2.75) is 6.92 Å². The number of carbonyl (C=O) groups is 1. The lowest BCUT2D eigenvalue weighted by Gasteiger charge is -2.08. The van der Waals surface area contributed by atoms with Gasteiger partial charge in [-0.15, -0.1) is 0 Å². The van der Waals surface area contributed by atoms with Crippen LogP contribution in [0.15, 0.2) is 42.5 Å². The lowest BCUT2D eigenvalue weighted by molar-refractivity contribution is -0.118. The standard InChI is InChI=1S/C15H13F2NO2/c1-10-6-7-11(8-13(10)17)18-15(19)9-20-14-5-3-2-4-12(14)16/h2-8H,9H2,1H3,(H,18,19). The van der Waals surface area contributed by atoms with E-state index in [1.165, 1.54) is 24.3 Å². The Morgan fingerprint density at radius 2 is 1.90 bits per heavy atom. The third-order valence-electron chi connectivity index (χ3n) is 2.65. The van der Waals surface area contributed by atoms with E-state index < -0.39 is 17.5 Å². The summed E-state index contributed by atoms with van der Waals surface area (Å²) in [6.07, 6.45) is 0. The van der Waals surface area contributed by atoms with Crippen molar-refractivity contribution < 1.29 is 18.3 Å². The maximum Gasteiger partial charge on any atom is 0.262 e. The molecule has 0 heterocycles. The van der Waals surface area contributed by atoms with E-state index in [2.05, 4.69) is 5.32 Å². The molecule has 1 N–H and O–H groups in total. The van der Waals surface area contributed by atoms with E-state index in [4.69, 9.17) is 4.74 Å². The number of para-hydroxylation sites is 1. The number of carbonyl (C=O) groups excluding carboxylic acids is 1. The first-order chi connectivity index (χ1) is 9.56. The van der Waals surface area contributed by atoms with E-state index >= 15 is 0 Å². The molecule has 0 bridgehead atoms. The molecule has 0 aliphatic heterocycles. The predicted octanol–water partition coefficient (Wildman–Crippen LogP) is 3.29. The first-order valence-corrected chi connectivity index (χ1v) is 5.99. The number of nitrogens with one attached hydrogen (secondary N) is 1. The van der Waals surface area contributed by atoms with Crippen molar-refractivity contribution in [1.29, 1.82) is 0 Å². The Kier molecular flexibility index (Phi) is 4.30. The third-order valence-corrected chi connectivity index (χ3v) is 2.65. The van der Waals surface area contributed by atoms with E-state index in [1.807, 2.05) is 0 Å². The Bertz CT molecular complexity index is 629. The van der Waals surface area contributed by atoms with Crippen LogP contribution in [0.4, 0.5) is 14.5 Å². The second-order valence-electron chi connectivity index (χ2n) is 4.23.